The van der Waals surface area contributed by atoms with Crippen molar-refractivity contribution in [2.45, 2.75) is 25.8 Å². The zero-order valence-corrected chi connectivity index (χ0v) is 16.9. The summed E-state index contributed by atoms with van der Waals surface area (Å²) in [7, 11) is 1.99. The highest BCUT2D eigenvalue weighted by Crippen LogP contribution is 2.43. The van der Waals surface area contributed by atoms with Gasteiger partial charge in [-0.15, -0.1) is 0 Å². The largest absolute Gasteiger partial charge is 0.394 e. The molecule has 1 aliphatic carbocycles. The lowest BCUT2D eigenvalue weighted by atomic mass is 9.85. The van der Waals surface area contributed by atoms with Crippen molar-refractivity contribution in [2.24, 2.45) is 7.05 Å². The second-order valence-electron chi connectivity index (χ2n) is 7.58. The van der Waals surface area contributed by atoms with Gasteiger partial charge in [0.15, 0.2) is 5.82 Å². The molecule has 1 aliphatic rings. The van der Waals surface area contributed by atoms with Crippen LogP contribution in [0, 0.1) is 0 Å². The SMILES string of the molecule is CC1Cc2nn(C)c(-c3ccccc3)c2-c2nc(Nc3ccn(CCO)n3)ncc21. The van der Waals surface area contributed by atoms with E-state index in [-0.39, 0.29) is 6.61 Å². The third-order valence-corrected chi connectivity index (χ3v) is 5.46. The molecule has 0 bridgehead atoms. The Bertz CT molecular complexity index is 1200. The summed E-state index contributed by atoms with van der Waals surface area (Å²) in [5, 5.41) is 21.5. The van der Waals surface area contributed by atoms with Gasteiger partial charge in [-0.3, -0.25) is 9.36 Å². The lowest BCUT2D eigenvalue weighted by Gasteiger charge is -2.21. The molecule has 1 aromatic carbocycles. The molecule has 0 radical (unpaired) electrons. The molecule has 8 nitrogen and oxygen atoms in total. The van der Waals surface area contributed by atoms with Crippen molar-refractivity contribution < 1.29 is 5.11 Å². The highest BCUT2D eigenvalue weighted by molar-refractivity contribution is 5.84. The zero-order chi connectivity index (χ0) is 20.7. The number of aliphatic hydroxyl groups excluding tert-OH is 1. The Morgan fingerprint density at radius 2 is 2.00 bits per heavy atom. The van der Waals surface area contributed by atoms with Crippen molar-refractivity contribution in [3.05, 3.63) is 60.0 Å². The lowest BCUT2D eigenvalue weighted by molar-refractivity contribution is 0.269. The number of nitrogens with zero attached hydrogens (tertiary/aromatic N) is 6. The van der Waals surface area contributed by atoms with E-state index in [2.05, 4.69) is 34.5 Å². The molecule has 3 aromatic heterocycles. The van der Waals surface area contributed by atoms with Gasteiger partial charge >= 0.3 is 0 Å². The van der Waals surface area contributed by atoms with Gasteiger partial charge in [0.1, 0.15) is 0 Å². The molecule has 0 amide bonds. The molecule has 0 saturated carbocycles. The number of hydrogen-bond donors (Lipinski definition) is 2. The monoisotopic (exact) mass is 401 g/mol. The summed E-state index contributed by atoms with van der Waals surface area (Å²) in [5.41, 5.74) is 6.37. The number of aliphatic hydroxyl groups is 1. The summed E-state index contributed by atoms with van der Waals surface area (Å²) >= 11 is 0. The number of benzene rings is 1. The predicted molar refractivity (Wildman–Crippen MR) is 114 cm³/mol. The fourth-order valence-corrected chi connectivity index (χ4v) is 4.08. The number of hydrogen-bond acceptors (Lipinski definition) is 6. The summed E-state index contributed by atoms with van der Waals surface area (Å²) in [4.78, 5) is 9.41. The Morgan fingerprint density at radius 3 is 2.80 bits per heavy atom. The first-order valence-corrected chi connectivity index (χ1v) is 10.0. The molecule has 152 valence electrons. The first-order chi connectivity index (χ1) is 14.6. The average Bonchev–Trinajstić information content (AvgIpc) is 3.32. The maximum atomic E-state index is 9.08. The van der Waals surface area contributed by atoms with Crippen molar-refractivity contribution in [3.63, 3.8) is 0 Å². The molecule has 0 fully saturated rings. The number of fused-ring (bicyclic) bond motifs is 3. The van der Waals surface area contributed by atoms with Crippen LogP contribution in [-0.4, -0.2) is 41.2 Å². The Morgan fingerprint density at radius 1 is 1.17 bits per heavy atom. The maximum Gasteiger partial charge on any atom is 0.228 e. The summed E-state index contributed by atoms with van der Waals surface area (Å²) < 4.78 is 3.63. The fourth-order valence-electron chi connectivity index (χ4n) is 4.08. The summed E-state index contributed by atoms with van der Waals surface area (Å²) in [6.07, 6.45) is 4.58. The number of rotatable bonds is 5. The van der Waals surface area contributed by atoms with Gasteiger partial charge in [-0.1, -0.05) is 37.3 Å². The molecule has 1 atom stereocenters. The van der Waals surface area contributed by atoms with E-state index in [9.17, 15) is 0 Å². The van der Waals surface area contributed by atoms with Crippen molar-refractivity contribution in [1.82, 2.24) is 29.5 Å². The van der Waals surface area contributed by atoms with Crippen LogP contribution in [0.1, 0.15) is 24.1 Å². The molecule has 5 rings (SSSR count). The van der Waals surface area contributed by atoms with E-state index in [1.54, 1.807) is 4.68 Å². The normalized spacial score (nSPS) is 15.0. The van der Waals surface area contributed by atoms with Crippen LogP contribution in [0.4, 0.5) is 11.8 Å². The van der Waals surface area contributed by atoms with Gasteiger partial charge in [-0.2, -0.15) is 10.2 Å². The molecule has 30 heavy (non-hydrogen) atoms. The van der Waals surface area contributed by atoms with Gasteiger partial charge < -0.3 is 10.4 Å². The summed E-state index contributed by atoms with van der Waals surface area (Å²) in [5.74, 6) is 1.43. The van der Waals surface area contributed by atoms with Crippen molar-refractivity contribution >= 4 is 11.8 Å². The summed E-state index contributed by atoms with van der Waals surface area (Å²) in [6, 6.07) is 12.1. The second-order valence-corrected chi connectivity index (χ2v) is 7.58. The van der Waals surface area contributed by atoms with E-state index in [4.69, 9.17) is 15.2 Å². The summed E-state index contributed by atoms with van der Waals surface area (Å²) in [6.45, 7) is 2.68. The minimum atomic E-state index is 0.0421. The fraction of sp³-hybridized carbons (Fsp3) is 0.273. The molecule has 4 aromatic rings. The van der Waals surface area contributed by atoms with E-state index in [1.165, 1.54) is 0 Å². The zero-order valence-electron chi connectivity index (χ0n) is 16.9. The molecule has 8 heteroatoms. The van der Waals surface area contributed by atoms with Crippen molar-refractivity contribution in [1.29, 1.82) is 0 Å². The van der Waals surface area contributed by atoms with Crippen molar-refractivity contribution in [3.8, 4) is 22.5 Å². The van der Waals surface area contributed by atoms with Gasteiger partial charge in [0, 0.05) is 42.2 Å². The van der Waals surface area contributed by atoms with Crippen LogP contribution >= 0.6 is 0 Å². The topological polar surface area (TPSA) is 93.7 Å². The van der Waals surface area contributed by atoms with E-state index in [0.29, 0.717) is 24.2 Å². The van der Waals surface area contributed by atoms with E-state index >= 15 is 0 Å². The van der Waals surface area contributed by atoms with E-state index in [0.717, 1.165) is 40.2 Å². The standard InChI is InChI=1S/C22H23N7O/c1-14-12-17-19(21(28(2)26-17)15-6-4-3-5-7-15)20-16(14)13-23-22(25-20)24-18-8-9-29(27-18)10-11-30/h3-9,13-14,30H,10-12H2,1-2H3,(H,23,24,25,27). The van der Waals surface area contributed by atoms with E-state index < -0.39 is 0 Å². The minimum absolute atomic E-state index is 0.0421. The Labute approximate surface area is 174 Å². The first kappa shape index (κ1) is 18.5. The van der Waals surface area contributed by atoms with Crippen molar-refractivity contribution in [2.75, 3.05) is 11.9 Å². The highest BCUT2D eigenvalue weighted by atomic mass is 16.3. The van der Waals surface area contributed by atoms with Gasteiger partial charge in [0.25, 0.3) is 0 Å². The lowest BCUT2D eigenvalue weighted by Crippen LogP contribution is -2.12. The smallest absolute Gasteiger partial charge is 0.228 e. The maximum absolute atomic E-state index is 9.08. The number of anilines is 2. The molecule has 0 spiro atoms. The van der Waals surface area contributed by atoms with E-state index in [1.807, 2.05) is 48.4 Å². The van der Waals surface area contributed by atoms with Crippen LogP contribution in [0.5, 0.6) is 0 Å². The molecule has 3 heterocycles. The van der Waals surface area contributed by atoms with Gasteiger partial charge in [0.2, 0.25) is 5.95 Å². The molecular formula is C22H23N7O. The second kappa shape index (κ2) is 7.38. The highest BCUT2D eigenvalue weighted by Gasteiger charge is 2.30. The molecule has 2 N–H and O–H groups in total. The molecule has 0 aliphatic heterocycles. The molecular weight excluding hydrogens is 378 g/mol. The number of nitrogens with one attached hydrogen (secondary N) is 1. The third kappa shape index (κ3) is 3.15. The predicted octanol–water partition coefficient (Wildman–Crippen LogP) is 3.14. The van der Waals surface area contributed by atoms with Gasteiger partial charge in [0.05, 0.1) is 30.2 Å². The van der Waals surface area contributed by atoms with Crippen LogP contribution in [0.2, 0.25) is 0 Å². The van der Waals surface area contributed by atoms with Gasteiger partial charge in [-0.05, 0) is 12.3 Å². The van der Waals surface area contributed by atoms with Crippen LogP contribution in [-0.2, 0) is 20.0 Å². The Hall–Kier alpha value is -3.52. The quantitative estimate of drug-likeness (QED) is 0.534. The molecule has 0 saturated heterocycles. The Kier molecular flexibility index (Phi) is 4.55. The van der Waals surface area contributed by atoms with Crippen LogP contribution < -0.4 is 5.32 Å². The van der Waals surface area contributed by atoms with Crippen LogP contribution in [0.15, 0.2) is 48.8 Å². The van der Waals surface area contributed by atoms with Gasteiger partial charge in [-0.25, -0.2) is 9.97 Å². The number of aromatic nitrogens is 6. The Balaban J connectivity index is 1.59. The average molecular weight is 401 g/mol. The minimum Gasteiger partial charge on any atom is -0.394 e. The van der Waals surface area contributed by atoms with Crippen LogP contribution in [0.3, 0.4) is 0 Å². The number of aryl methyl sites for hydroxylation is 1. The van der Waals surface area contributed by atoms with Crippen LogP contribution in [0.25, 0.3) is 22.5 Å². The first-order valence-electron chi connectivity index (χ1n) is 10.0. The molecule has 1 unspecified atom stereocenters. The third-order valence-electron chi connectivity index (χ3n) is 5.46.